The van der Waals surface area contributed by atoms with Crippen molar-refractivity contribution in [2.75, 3.05) is 5.32 Å². The van der Waals surface area contributed by atoms with Gasteiger partial charge in [0.1, 0.15) is 17.1 Å². The van der Waals surface area contributed by atoms with Gasteiger partial charge in [0, 0.05) is 41.8 Å². The number of aromatic nitrogens is 2. The Hall–Kier alpha value is -3.35. The summed E-state index contributed by atoms with van der Waals surface area (Å²) in [4.78, 5) is 20.8. The highest BCUT2D eigenvalue weighted by atomic mass is 35.5. The molecule has 31 heavy (non-hydrogen) atoms. The summed E-state index contributed by atoms with van der Waals surface area (Å²) in [5.74, 6) is 1.09. The fourth-order valence-electron chi connectivity index (χ4n) is 3.87. The van der Waals surface area contributed by atoms with Gasteiger partial charge in [-0.1, -0.05) is 29.8 Å². The maximum absolute atomic E-state index is 13.4. The quantitative estimate of drug-likeness (QED) is 0.367. The van der Waals surface area contributed by atoms with E-state index < -0.39 is 0 Å². The van der Waals surface area contributed by atoms with Crippen LogP contribution in [0.5, 0.6) is 11.5 Å². The second-order valence-electron chi connectivity index (χ2n) is 7.74. The molecule has 0 spiro atoms. The van der Waals surface area contributed by atoms with Gasteiger partial charge in [-0.3, -0.25) is 4.79 Å². The van der Waals surface area contributed by atoms with E-state index in [0.717, 1.165) is 23.9 Å². The first-order valence-corrected chi connectivity index (χ1v) is 10.5. The van der Waals surface area contributed by atoms with Crippen molar-refractivity contribution in [2.24, 2.45) is 5.73 Å². The summed E-state index contributed by atoms with van der Waals surface area (Å²) >= 11 is 6.47. The van der Waals surface area contributed by atoms with E-state index in [9.17, 15) is 4.79 Å². The predicted molar refractivity (Wildman–Crippen MR) is 122 cm³/mol. The van der Waals surface area contributed by atoms with Gasteiger partial charge in [-0.2, -0.15) is 0 Å². The lowest BCUT2D eigenvalue weighted by Crippen LogP contribution is -2.44. The molecule has 1 aliphatic rings. The number of hydrogen-bond donors (Lipinski definition) is 3. The van der Waals surface area contributed by atoms with Crippen molar-refractivity contribution < 1.29 is 9.53 Å². The Morgan fingerprint density at radius 3 is 2.65 bits per heavy atom. The Kier molecular flexibility index (Phi) is 5.10. The molecule has 0 radical (unpaired) electrons. The summed E-state index contributed by atoms with van der Waals surface area (Å²) in [6.45, 7) is 0. The summed E-state index contributed by atoms with van der Waals surface area (Å²) in [6, 6.07) is 16.9. The molecule has 7 heteroatoms. The predicted octanol–water partition coefficient (Wildman–Crippen LogP) is 5.14. The number of fused-ring (bicyclic) bond motifs is 1. The summed E-state index contributed by atoms with van der Waals surface area (Å²) < 4.78 is 5.81. The van der Waals surface area contributed by atoms with E-state index in [2.05, 4.69) is 15.3 Å². The van der Waals surface area contributed by atoms with E-state index >= 15 is 0 Å². The minimum absolute atomic E-state index is 0.177. The first-order valence-electron chi connectivity index (χ1n) is 10.1. The van der Waals surface area contributed by atoms with Gasteiger partial charge in [-0.15, -0.1) is 0 Å². The number of pyridine rings is 1. The van der Waals surface area contributed by atoms with Gasteiger partial charge in [-0.05, 0) is 43.2 Å². The van der Waals surface area contributed by atoms with Gasteiger partial charge < -0.3 is 20.8 Å². The summed E-state index contributed by atoms with van der Waals surface area (Å²) in [7, 11) is 0. The second-order valence-corrected chi connectivity index (χ2v) is 8.15. The Balaban J connectivity index is 1.44. The number of para-hydroxylation sites is 1. The third-order valence-corrected chi connectivity index (χ3v) is 5.83. The first kappa shape index (κ1) is 19.6. The lowest BCUT2D eigenvalue weighted by Gasteiger charge is -2.34. The van der Waals surface area contributed by atoms with E-state index in [0.29, 0.717) is 39.3 Å². The van der Waals surface area contributed by atoms with Gasteiger partial charge in [0.2, 0.25) is 0 Å². The van der Waals surface area contributed by atoms with Gasteiger partial charge in [-0.25, -0.2) is 4.98 Å². The molecule has 0 atom stereocenters. The topological polar surface area (TPSA) is 93.0 Å². The molecular weight excluding hydrogens is 412 g/mol. The fourth-order valence-corrected chi connectivity index (χ4v) is 4.13. The first-order chi connectivity index (χ1) is 15.1. The summed E-state index contributed by atoms with van der Waals surface area (Å²) in [5, 5.41) is 4.58. The number of ether oxygens (including phenoxy) is 1. The van der Waals surface area contributed by atoms with Crippen LogP contribution in [0.25, 0.3) is 11.0 Å². The van der Waals surface area contributed by atoms with Crippen molar-refractivity contribution in [3.63, 3.8) is 0 Å². The third kappa shape index (κ3) is 3.87. The molecule has 1 fully saturated rings. The molecule has 1 aliphatic carbocycles. The van der Waals surface area contributed by atoms with Crippen LogP contribution in [0.4, 0.5) is 5.69 Å². The van der Waals surface area contributed by atoms with Crippen LogP contribution in [0, 0.1) is 0 Å². The number of halogens is 1. The molecule has 4 aromatic rings. The highest BCUT2D eigenvalue weighted by Crippen LogP contribution is 2.33. The standard InChI is InChI=1S/C24H21ClN4O2/c25-20-12-17(31-16-4-2-1-3-5-16)6-7-18(20)23(30)19-13-28-24-22(19)21(8-9-27-24)29-15-10-14(26)11-15/h1-9,12-15H,10-11,26H2,(H2,27,28,29)/t14-,15-. The van der Waals surface area contributed by atoms with Gasteiger partial charge in [0.25, 0.3) is 0 Å². The number of hydrogen-bond acceptors (Lipinski definition) is 5. The van der Waals surface area contributed by atoms with Crippen molar-refractivity contribution in [2.45, 2.75) is 24.9 Å². The SMILES string of the molecule is N[C@H]1C[C@H](Nc2ccnc3[nH]cc(C(=O)c4ccc(Oc5ccccc5)cc4Cl)c23)C1. The van der Waals surface area contributed by atoms with E-state index in [1.807, 2.05) is 36.4 Å². The zero-order chi connectivity index (χ0) is 21.4. The van der Waals surface area contributed by atoms with Crippen LogP contribution >= 0.6 is 11.6 Å². The zero-order valence-electron chi connectivity index (χ0n) is 16.6. The maximum Gasteiger partial charge on any atom is 0.196 e. The largest absolute Gasteiger partial charge is 0.457 e. The Bertz CT molecular complexity index is 1250. The normalized spacial score (nSPS) is 17.9. The van der Waals surface area contributed by atoms with Crippen LogP contribution < -0.4 is 15.8 Å². The molecular formula is C24H21ClN4O2. The maximum atomic E-state index is 13.4. The van der Waals surface area contributed by atoms with E-state index in [1.165, 1.54) is 0 Å². The highest BCUT2D eigenvalue weighted by molar-refractivity contribution is 6.35. The smallest absolute Gasteiger partial charge is 0.196 e. The minimum atomic E-state index is -0.177. The molecule has 0 aliphatic heterocycles. The molecule has 156 valence electrons. The van der Waals surface area contributed by atoms with E-state index in [-0.39, 0.29) is 11.8 Å². The average Bonchev–Trinajstić information content (AvgIpc) is 3.18. The molecule has 4 N–H and O–H groups in total. The van der Waals surface area contributed by atoms with Crippen LogP contribution in [-0.2, 0) is 0 Å². The lowest BCUT2D eigenvalue weighted by molar-refractivity contribution is 0.104. The molecule has 2 aromatic heterocycles. The van der Waals surface area contributed by atoms with Crippen LogP contribution in [0.2, 0.25) is 5.02 Å². The highest BCUT2D eigenvalue weighted by Gasteiger charge is 2.27. The Morgan fingerprint density at radius 2 is 1.90 bits per heavy atom. The van der Waals surface area contributed by atoms with Gasteiger partial charge >= 0.3 is 0 Å². The molecule has 0 bridgehead atoms. The van der Waals surface area contributed by atoms with Gasteiger partial charge in [0.15, 0.2) is 5.78 Å². The third-order valence-electron chi connectivity index (χ3n) is 5.52. The van der Waals surface area contributed by atoms with Crippen LogP contribution in [0.1, 0.15) is 28.8 Å². The number of nitrogens with one attached hydrogen (secondary N) is 2. The monoisotopic (exact) mass is 432 g/mol. The van der Waals surface area contributed by atoms with Gasteiger partial charge in [0.05, 0.1) is 16.0 Å². The van der Waals surface area contributed by atoms with E-state index in [1.54, 1.807) is 30.6 Å². The number of aromatic amines is 1. The molecule has 0 saturated heterocycles. The number of nitrogens with two attached hydrogens (primary N) is 1. The fraction of sp³-hybridized carbons (Fsp3) is 0.167. The second kappa shape index (κ2) is 8.06. The van der Waals surface area contributed by atoms with Crippen LogP contribution in [0.15, 0.2) is 67.0 Å². The van der Waals surface area contributed by atoms with Crippen molar-refractivity contribution in [1.82, 2.24) is 9.97 Å². The number of benzene rings is 2. The number of nitrogens with zero attached hydrogens (tertiary/aromatic N) is 1. The molecule has 1 saturated carbocycles. The zero-order valence-corrected chi connectivity index (χ0v) is 17.4. The van der Waals surface area contributed by atoms with Crippen molar-refractivity contribution in [3.8, 4) is 11.5 Å². The Morgan fingerprint density at radius 1 is 1.10 bits per heavy atom. The average molecular weight is 433 g/mol. The summed E-state index contributed by atoms with van der Waals surface area (Å²) in [5.41, 5.74) is 8.35. The molecule has 0 unspecified atom stereocenters. The molecule has 2 heterocycles. The number of carbonyl (C=O) groups is 1. The summed E-state index contributed by atoms with van der Waals surface area (Å²) in [6.07, 6.45) is 5.22. The van der Waals surface area contributed by atoms with Crippen molar-refractivity contribution in [3.05, 3.63) is 83.1 Å². The number of rotatable bonds is 6. The minimum Gasteiger partial charge on any atom is -0.457 e. The van der Waals surface area contributed by atoms with Crippen LogP contribution in [0.3, 0.4) is 0 Å². The number of anilines is 1. The molecule has 5 rings (SSSR count). The molecule has 6 nitrogen and oxygen atoms in total. The van der Waals surface area contributed by atoms with Crippen molar-refractivity contribution in [1.29, 1.82) is 0 Å². The lowest BCUT2D eigenvalue weighted by atomic mass is 9.87. The van der Waals surface area contributed by atoms with E-state index in [4.69, 9.17) is 22.1 Å². The molecule has 2 aromatic carbocycles. The van der Waals surface area contributed by atoms with Crippen molar-refractivity contribution >= 4 is 34.1 Å². The number of H-pyrrole nitrogens is 1. The molecule has 0 amide bonds. The Labute approximate surface area is 184 Å². The number of ketones is 1. The number of carbonyl (C=O) groups excluding carboxylic acids is 1. The van der Waals surface area contributed by atoms with Crippen LogP contribution in [-0.4, -0.2) is 27.8 Å².